The highest BCUT2D eigenvalue weighted by Gasteiger charge is 2.26. The van der Waals surface area contributed by atoms with Crippen LogP contribution in [0.5, 0.6) is 23.0 Å². The highest BCUT2D eigenvalue weighted by atomic mass is 35.5. The average molecular weight is 710 g/mol. The number of nitrogens with zero attached hydrogens (tertiary/aromatic N) is 6. The van der Waals surface area contributed by atoms with E-state index >= 15 is 0 Å². The molecule has 0 atom stereocenters. The van der Waals surface area contributed by atoms with Gasteiger partial charge in [0.15, 0.2) is 0 Å². The Labute approximate surface area is 300 Å². The fraction of sp³-hybridized carbons (Fsp3) is 0.158. The van der Waals surface area contributed by atoms with Gasteiger partial charge in [-0.3, -0.25) is 0 Å². The van der Waals surface area contributed by atoms with E-state index in [-0.39, 0.29) is 0 Å². The monoisotopic (exact) mass is 708 g/mol. The number of methoxy groups -OCH3 is 2. The van der Waals surface area contributed by atoms with Crippen LogP contribution in [0.4, 0.5) is 23.3 Å². The third-order valence-electron chi connectivity index (χ3n) is 7.56. The minimum absolute atomic E-state index is 0.377. The Morgan fingerprint density at radius 3 is 1.06 bits per heavy atom. The minimum atomic E-state index is 0.377. The first-order chi connectivity index (χ1) is 24.6. The van der Waals surface area contributed by atoms with Crippen LogP contribution in [0.3, 0.4) is 0 Å². The number of halogens is 2. The van der Waals surface area contributed by atoms with Crippen LogP contribution >= 0.6 is 23.2 Å². The summed E-state index contributed by atoms with van der Waals surface area (Å²) in [7, 11) is 3.28. The van der Waals surface area contributed by atoms with Crippen molar-refractivity contribution in [1.82, 2.24) is 19.9 Å². The van der Waals surface area contributed by atoms with Crippen molar-refractivity contribution in [2.75, 3.05) is 49.2 Å². The fourth-order valence-electron chi connectivity index (χ4n) is 5.05. The van der Waals surface area contributed by atoms with Crippen molar-refractivity contribution in [1.29, 1.82) is 0 Å². The summed E-state index contributed by atoms with van der Waals surface area (Å²) < 4.78 is 22.2. The molecule has 0 spiro atoms. The first-order valence-electron chi connectivity index (χ1n) is 15.7. The molecular formula is C38H34Cl2N6O4. The summed E-state index contributed by atoms with van der Waals surface area (Å²) in [4.78, 5) is 19.4. The van der Waals surface area contributed by atoms with Crippen molar-refractivity contribution < 1.29 is 18.9 Å². The van der Waals surface area contributed by atoms with Crippen LogP contribution in [0, 0.1) is 0 Å². The van der Waals surface area contributed by atoms with E-state index in [2.05, 4.69) is 0 Å². The topological polar surface area (TPSA) is 95.0 Å². The predicted molar refractivity (Wildman–Crippen MR) is 198 cm³/mol. The van der Waals surface area contributed by atoms with Gasteiger partial charge in [0.25, 0.3) is 0 Å². The second kappa shape index (κ2) is 16.7. The van der Waals surface area contributed by atoms with Crippen LogP contribution in [0.15, 0.2) is 122 Å². The van der Waals surface area contributed by atoms with E-state index in [1.165, 1.54) is 0 Å². The van der Waals surface area contributed by atoms with Gasteiger partial charge in [0.1, 0.15) is 36.2 Å². The van der Waals surface area contributed by atoms with Crippen LogP contribution in [0.25, 0.3) is 22.3 Å². The predicted octanol–water partition coefficient (Wildman–Crippen LogP) is 8.74. The van der Waals surface area contributed by atoms with Crippen LogP contribution in [0.2, 0.25) is 0 Å². The average Bonchev–Trinajstić information content (AvgIpc) is 3.19. The van der Waals surface area contributed by atoms with Crippen molar-refractivity contribution in [3.63, 3.8) is 0 Å². The Kier molecular flexibility index (Phi) is 11.4. The van der Waals surface area contributed by atoms with Crippen molar-refractivity contribution in [2.45, 2.75) is 0 Å². The highest BCUT2D eigenvalue weighted by molar-refractivity contribution is 6.18. The minimum Gasteiger partial charge on any atom is -0.497 e. The largest absolute Gasteiger partial charge is 0.497 e. The van der Waals surface area contributed by atoms with E-state index in [1.807, 2.05) is 107 Å². The van der Waals surface area contributed by atoms with E-state index < -0.39 is 0 Å². The molecule has 2 aromatic heterocycles. The maximum absolute atomic E-state index is 5.87. The van der Waals surface area contributed by atoms with E-state index in [4.69, 9.17) is 62.1 Å². The Hall–Kier alpha value is -5.58. The number of alkyl halides is 2. The molecule has 0 N–H and O–H groups in total. The number of hydrogen-bond acceptors (Lipinski definition) is 10. The number of aromatic nitrogens is 4. The molecule has 0 saturated heterocycles. The Morgan fingerprint density at radius 1 is 0.440 bits per heavy atom. The lowest BCUT2D eigenvalue weighted by Gasteiger charge is -2.35. The number of rotatable bonds is 15. The summed E-state index contributed by atoms with van der Waals surface area (Å²) in [5.74, 6) is 4.40. The number of benzene rings is 4. The summed E-state index contributed by atoms with van der Waals surface area (Å²) >= 11 is 11.7. The zero-order valence-electron chi connectivity index (χ0n) is 27.4. The molecule has 0 aliphatic carbocycles. The number of ether oxygens (including phenoxy) is 4. The van der Waals surface area contributed by atoms with E-state index in [9.17, 15) is 0 Å². The van der Waals surface area contributed by atoms with Gasteiger partial charge in [-0.2, -0.15) is 0 Å². The molecule has 2 heterocycles. The Morgan fingerprint density at radius 2 is 0.760 bits per heavy atom. The van der Waals surface area contributed by atoms with Crippen LogP contribution in [0.1, 0.15) is 0 Å². The second-order valence-corrected chi connectivity index (χ2v) is 11.4. The fourth-order valence-corrected chi connectivity index (χ4v) is 5.20. The first kappa shape index (κ1) is 34.3. The molecule has 12 heteroatoms. The highest BCUT2D eigenvalue weighted by Crippen LogP contribution is 2.36. The SMILES string of the molecule is COc1ccc(-c2cnc(N(c3ccc(OCCCl)cc3)N(c3ccc(OCCCl)cc3)c3ncc(-c4ccc(OC)cc4)cn3)nc2)cc1. The molecule has 4 aromatic carbocycles. The molecule has 254 valence electrons. The van der Waals surface area contributed by atoms with Crippen LogP contribution in [-0.2, 0) is 0 Å². The van der Waals surface area contributed by atoms with Gasteiger partial charge >= 0.3 is 0 Å². The van der Waals surface area contributed by atoms with Gasteiger partial charge < -0.3 is 18.9 Å². The lowest BCUT2D eigenvalue weighted by Crippen LogP contribution is -2.38. The molecule has 0 bridgehead atoms. The molecule has 0 radical (unpaired) electrons. The summed E-state index contributed by atoms with van der Waals surface area (Å²) in [6.07, 6.45) is 7.13. The van der Waals surface area contributed by atoms with Crippen molar-refractivity contribution >= 4 is 46.5 Å². The van der Waals surface area contributed by atoms with E-state index in [0.29, 0.717) is 48.4 Å². The molecule has 0 aliphatic heterocycles. The summed E-state index contributed by atoms with van der Waals surface area (Å²) in [6, 6.07) is 30.6. The van der Waals surface area contributed by atoms with Gasteiger partial charge in [0.2, 0.25) is 11.9 Å². The van der Waals surface area contributed by atoms with Crippen LogP contribution < -0.4 is 29.0 Å². The molecule has 10 nitrogen and oxygen atoms in total. The second-order valence-electron chi connectivity index (χ2n) is 10.7. The molecule has 6 aromatic rings. The molecule has 0 saturated carbocycles. The molecule has 50 heavy (non-hydrogen) atoms. The van der Waals surface area contributed by atoms with Gasteiger partial charge in [-0.15, -0.1) is 23.2 Å². The third-order valence-corrected chi connectivity index (χ3v) is 7.86. The lowest BCUT2D eigenvalue weighted by molar-refractivity contribution is 0.342. The molecule has 0 aliphatic rings. The van der Waals surface area contributed by atoms with Gasteiger partial charge in [0.05, 0.1) is 37.4 Å². The molecule has 0 amide bonds. The Bertz CT molecular complexity index is 1790. The quantitative estimate of drug-likeness (QED) is 0.0761. The van der Waals surface area contributed by atoms with E-state index in [0.717, 1.165) is 45.1 Å². The summed E-state index contributed by atoms with van der Waals surface area (Å²) in [6.45, 7) is 0.776. The number of hydrazine groups is 1. The molecule has 0 unspecified atom stereocenters. The zero-order chi connectivity index (χ0) is 34.7. The lowest BCUT2D eigenvalue weighted by atomic mass is 10.1. The normalized spacial score (nSPS) is 10.7. The standard InChI is InChI=1S/C38H34Cl2N6O4/c1-47-33-11-3-27(4-12-33)29-23-41-37(42-24-29)45(31-7-15-35(16-8-31)49-21-19-39)46(32-9-17-36(18-10-32)50-22-20-40)38-43-25-30(26-44-38)28-5-13-34(48-2)14-6-28/h3-18,23-26H,19-22H2,1-2H3. The summed E-state index contributed by atoms with van der Waals surface area (Å²) in [5.41, 5.74) is 5.04. The molecular weight excluding hydrogens is 675 g/mol. The third kappa shape index (κ3) is 8.16. The Balaban J connectivity index is 1.45. The van der Waals surface area contributed by atoms with Crippen LogP contribution in [-0.4, -0.2) is 59.1 Å². The van der Waals surface area contributed by atoms with Gasteiger partial charge in [-0.05, 0) is 83.9 Å². The van der Waals surface area contributed by atoms with Crippen molar-refractivity contribution in [3.05, 3.63) is 122 Å². The van der Waals surface area contributed by atoms with Gasteiger partial charge in [-0.1, -0.05) is 24.3 Å². The van der Waals surface area contributed by atoms with Crippen molar-refractivity contribution in [3.8, 4) is 45.3 Å². The van der Waals surface area contributed by atoms with Gasteiger partial charge in [-0.25, -0.2) is 30.0 Å². The first-order valence-corrected chi connectivity index (χ1v) is 16.8. The smallest absolute Gasteiger partial charge is 0.249 e. The molecule has 6 rings (SSSR count). The van der Waals surface area contributed by atoms with Gasteiger partial charge in [0, 0.05) is 35.9 Å². The molecule has 0 fully saturated rings. The maximum Gasteiger partial charge on any atom is 0.249 e. The van der Waals surface area contributed by atoms with E-state index in [1.54, 1.807) is 39.0 Å². The number of anilines is 4. The maximum atomic E-state index is 5.87. The zero-order valence-corrected chi connectivity index (χ0v) is 29.0. The summed E-state index contributed by atoms with van der Waals surface area (Å²) in [5, 5.41) is 3.69. The van der Waals surface area contributed by atoms with Crippen molar-refractivity contribution in [2.24, 2.45) is 0 Å². The number of hydrogen-bond donors (Lipinski definition) is 0.